The number of guanidine groups is 2. The van der Waals surface area contributed by atoms with E-state index in [2.05, 4.69) is 56.0 Å². The molecule has 0 saturated heterocycles. The van der Waals surface area contributed by atoms with E-state index in [4.69, 9.17) is 5.73 Å². The summed E-state index contributed by atoms with van der Waals surface area (Å²) < 4.78 is 0. The Kier molecular flexibility index (Phi) is 6.03. The SMILES string of the molecule is CCCN=C(N)Nc1ccc(Cc2ccc(NC3=NCCN3)nc2)cc1. The molecule has 7 nitrogen and oxygen atoms in total. The Morgan fingerprint density at radius 1 is 1.19 bits per heavy atom. The fraction of sp³-hybridized carbons (Fsp3) is 0.316. The van der Waals surface area contributed by atoms with Crippen molar-refractivity contribution in [2.45, 2.75) is 19.8 Å². The van der Waals surface area contributed by atoms with Gasteiger partial charge in [0.1, 0.15) is 5.82 Å². The van der Waals surface area contributed by atoms with Crippen molar-refractivity contribution in [1.29, 1.82) is 0 Å². The predicted molar refractivity (Wildman–Crippen MR) is 108 cm³/mol. The molecular weight excluding hydrogens is 326 g/mol. The molecule has 0 bridgehead atoms. The molecule has 0 spiro atoms. The second-order valence-corrected chi connectivity index (χ2v) is 6.10. The number of aliphatic imine (C=N–C) groups is 2. The van der Waals surface area contributed by atoms with E-state index in [0.29, 0.717) is 5.96 Å². The zero-order valence-corrected chi connectivity index (χ0v) is 15.0. The molecule has 2 heterocycles. The van der Waals surface area contributed by atoms with Crippen molar-refractivity contribution in [1.82, 2.24) is 10.3 Å². The molecule has 1 aliphatic heterocycles. The highest BCUT2D eigenvalue weighted by molar-refractivity contribution is 5.93. The number of anilines is 2. The van der Waals surface area contributed by atoms with Crippen LogP contribution >= 0.6 is 0 Å². The molecule has 0 saturated carbocycles. The zero-order valence-electron chi connectivity index (χ0n) is 15.0. The van der Waals surface area contributed by atoms with Gasteiger partial charge < -0.3 is 21.7 Å². The maximum atomic E-state index is 5.84. The first-order valence-corrected chi connectivity index (χ1v) is 8.89. The molecule has 7 heteroatoms. The van der Waals surface area contributed by atoms with Crippen molar-refractivity contribution in [3.63, 3.8) is 0 Å². The number of hydrogen-bond acceptors (Lipinski definition) is 5. The molecule has 0 fully saturated rings. The number of hydrogen-bond donors (Lipinski definition) is 4. The minimum absolute atomic E-state index is 0.452. The lowest BCUT2D eigenvalue weighted by Crippen LogP contribution is -2.26. The van der Waals surface area contributed by atoms with Crippen molar-refractivity contribution in [3.05, 3.63) is 53.7 Å². The number of rotatable bonds is 6. The van der Waals surface area contributed by atoms with Gasteiger partial charge in [-0.1, -0.05) is 25.1 Å². The van der Waals surface area contributed by atoms with Crippen molar-refractivity contribution < 1.29 is 0 Å². The Morgan fingerprint density at radius 3 is 2.65 bits per heavy atom. The van der Waals surface area contributed by atoms with Crippen LogP contribution in [0.4, 0.5) is 11.5 Å². The van der Waals surface area contributed by atoms with Gasteiger partial charge in [0.2, 0.25) is 0 Å². The van der Waals surface area contributed by atoms with E-state index in [1.807, 2.05) is 24.4 Å². The van der Waals surface area contributed by atoms with E-state index in [9.17, 15) is 0 Å². The summed E-state index contributed by atoms with van der Waals surface area (Å²) in [7, 11) is 0. The van der Waals surface area contributed by atoms with Gasteiger partial charge in [-0.25, -0.2) is 4.98 Å². The second kappa shape index (κ2) is 8.84. The molecule has 0 amide bonds. The Bertz CT molecular complexity index is 763. The average Bonchev–Trinajstić information content (AvgIpc) is 3.16. The van der Waals surface area contributed by atoms with Crippen molar-refractivity contribution in [2.24, 2.45) is 15.7 Å². The number of nitrogens with one attached hydrogen (secondary N) is 3. The summed E-state index contributed by atoms with van der Waals surface area (Å²) in [5.74, 6) is 2.03. The summed E-state index contributed by atoms with van der Waals surface area (Å²) in [5.41, 5.74) is 9.14. The van der Waals surface area contributed by atoms with Gasteiger partial charge in [0.15, 0.2) is 11.9 Å². The van der Waals surface area contributed by atoms with Crippen LogP contribution in [0, 0.1) is 0 Å². The monoisotopic (exact) mass is 351 g/mol. The molecule has 26 heavy (non-hydrogen) atoms. The highest BCUT2D eigenvalue weighted by Gasteiger charge is 2.05. The molecule has 0 unspecified atom stereocenters. The Hall–Kier alpha value is -3.09. The van der Waals surface area contributed by atoms with E-state index in [0.717, 1.165) is 55.5 Å². The molecule has 2 aromatic rings. The van der Waals surface area contributed by atoms with Gasteiger partial charge in [0.25, 0.3) is 0 Å². The maximum Gasteiger partial charge on any atom is 0.197 e. The molecule has 0 aliphatic carbocycles. The number of nitrogens with zero attached hydrogens (tertiary/aromatic N) is 3. The lowest BCUT2D eigenvalue weighted by atomic mass is 10.1. The van der Waals surface area contributed by atoms with Gasteiger partial charge in [-0.05, 0) is 42.2 Å². The Morgan fingerprint density at radius 2 is 2.00 bits per heavy atom. The van der Waals surface area contributed by atoms with Crippen LogP contribution < -0.4 is 21.7 Å². The first-order valence-electron chi connectivity index (χ1n) is 8.89. The summed E-state index contributed by atoms with van der Waals surface area (Å²) in [5, 5.41) is 9.43. The lowest BCUT2D eigenvalue weighted by molar-refractivity contribution is 0.929. The summed E-state index contributed by atoms with van der Waals surface area (Å²) in [6.45, 7) is 4.49. The summed E-state index contributed by atoms with van der Waals surface area (Å²) >= 11 is 0. The zero-order chi connectivity index (χ0) is 18.2. The van der Waals surface area contributed by atoms with Crippen LogP contribution in [0.3, 0.4) is 0 Å². The number of benzene rings is 1. The molecular formula is C19H25N7. The number of aromatic nitrogens is 1. The Labute approximate surface area is 153 Å². The Balaban J connectivity index is 1.55. The normalized spacial score (nSPS) is 13.9. The fourth-order valence-electron chi connectivity index (χ4n) is 2.57. The van der Waals surface area contributed by atoms with Gasteiger partial charge in [0.05, 0.1) is 6.54 Å². The van der Waals surface area contributed by atoms with Crippen molar-refractivity contribution >= 4 is 23.4 Å². The molecule has 1 aromatic carbocycles. The highest BCUT2D eigenvalue weighted by atomic mass is 15.2. The smallest absolute Gasteiger partial charge is 0.197 e. The number of pyridine rings is 1. The first-order chi connectivity index (χ1) is 12.7. The average molecular weight is 351 g/mol. The van der Waals surface area contributed by atoms with Gasteiger partial charge in [-0.2, -0.15) is 0 Å². The summed E-state index contributed by atoms with van der Waals surface area (Å²) in [6.07, 6.45) is 3.69. The predicted octanol–water partition coefficient (Wildman–Crippen LogP) is 2.18. The molecule has 3 rings (SSSR count). The molecule has 136 valence electrons. The van der Waals surface area contributed by atoms with E-state index in [-0.39, 0.29) is 0 Å². The van der Waals surface area contributed by atoms with Crippen molar-refractivity contribution in [3.8, 4) is 0 Å². The maximum absolute atomic E-state index is 5.84. The van der Waals surface area contributed by atoms with Crippen LogP contribution in [0.15, 0.2) is 52.6 Å². The van der Waals surface area contributed by atoms with Gasteiger partial charge >= 0.3 is 0 Å². The molecule has 5 N–H and O–H groups in total. The minimum atomic E-state index is 0.452. The lowest BCUT2D eigenvalue weighted by Gasteiger charge is -2.08. The highest BCUT2D eigenvalue weighted by Crippen LogP contribution is 2.14. The van der Waals surface area contributed by atoms with Crippen molar-refractivity contribution in [2.75, 3.05) is 30.3 Å². The third-order valence-electron chi connectivity index (χ3n) is 3.89. The van der Waals surface area contributed by atoms with Gasteiger partial charge in [-0.15, -0.1) is 0 Å². The van der Waals surface area contributed by atoms with E-state index in [1.54, 1.807) is 0 Å². The number of nitrogens with two attached hydrogens (primary N) is 1. The largest absolute Gasteiger partial charge is 0.370 e. The quantitative estimate of drug-likeness (QED) is 0.472. The van der Waals surface area contributed by atoms with Crippen LogP contribution in [-0.4, -0.2) is 36.5 Å². The molecule has 0 radical (unpaired) electrons. The van der Waals surface area contributed by atoms with Crippen LogP contribution in [0.2, 0.25) is 0 Å². The van der Waals surface area contributed by atoms with E-state index >= 15 is 0 Å². The standard InChI is InChI=1S/C19H25N7/c1-2-9-21-18(20)25-16-6-3-14(4-7-16)12-15-5-8-17(24-13-15)26-19-22-10-11-23-19/h3-8,13H,2,9-12H2,1H3,(H3,20,21,25)(H2,22,23,24,26). The fourth-order valence-corrected chi connectivity index (χ4v) is 2.57. The third-order valence-corrected chi connectivity index (χ3v) is 3.89. The minimum Gasteiger partial charge on any atom is -0.370 e. The summed E-state index contributed by atoms with van der Waals surface area (Å²) in [4.78, 5) is 13.0. The van der Waals surface area contributed by atoms with Gasteiger partial charge in [-0.3, -0.25) is 9.98 Å². The van der Waals surface area contributed by atoms with Crippen LogP contribution in [0.1, 0.15) is 24.5 Å². The van der Waals surface area contributed by atoms with Crippen LogP contribution in [0.25, 0.3) is 0 Å². The summed E-state index contributed by atoms with van der Waals surface area (Å²) in [6, 6.07) is 12.2. The third kappa shape index (κ3) is 5.20. The second-order valence-electron chi connectivity index (χ2n) is 6.10. The molecule has 1 aromatic heterocycles. The molecule has 0 atom stereocenters. The van der Waals surface area contributed by atoms with E-state index in [1.165, 1.54) is 5.56 Å². The topological polar surface area (TPSA) is 99.7 Å². The molecule has 1 aliphatic rings. The van der Waals surface area contributed by atoms with E-state index < -0.39 is 0 Å². The van der Waals surface area contributed by atoms with Gasteiger partial charge in [0, 0.05) is 25.0 Å². The van der Waals surface area contributed by atoms with Crippen LogP contribution in [-0.2, 0) is 6.42 Å². The first kappa shape index (κ1) is 17.7. The van der Waals surface area contributed by atoms with Crippen LogP contribution in [0.5, 0.6) is 0 Å².